The fourth-order valence-corrected chi connectivity index (χ4v) is 4.54. The van der Waals surface area contributed by atoms with E-state index < -0.39 is 17.8 Å². The molecule has 39 heavy (non-hydrogen) atoms. The van der Waals surface area contributed by atoms with Crippen molar-refractivity contribution in [3.63, 3.8) is 0 Å². The number of nitrogens with zero attached hydrogens (tertiary/aromatic N) is 1. The summed E-state index contributed by atoms with van der Waals surface area (Å²) in [4.78, 5) is 50.5. The standard InChI is InChI=1S/C15H31NO.C14H17N3O4S/c1-4-7-8-13-16-15(17)12-11-14(9-5-2)10-6-3;1-5-6-11-17-10(7-22-11)13(19)15-8(2)12(18)16-9(3)14(20)21-4/h14H,4-13H2,1-3H3,(H,16,17);7H,2-3,5-6H2,1,4H3,(H,15,19)(H,16,18). The lowest BCUT2D eigenvalue weighted by molar-refractivity contribution is -0.137. The van der Waals surface area contributed by atoms with Crippen LogP contribution in [0.25, 0.3) is 0 Å². The Bertz CT molecular complexity index is 923. The Labute approximate surface area is 238 Å². The molecule has 1 rings (SSSR count). The van der Waals surface area contributed by atoms with Gasteiger partial charge >= 0.3 is 5.97 Å². The molecule has 1 aromatic rings. The van der Waals surface area contributed by atoms with Crippen LogP contribution in [-0.4, -0.2) is 42.3 Å². The first-order valence-corrected chi connectivity index (χ1v) is 14.8. The van der Waals surface area contributed by atoms with E-state index in [2.05, 4.69) is 59.6 Å². The minimum Gasteiger partial charge on any atom is -0.464 e. The van der Waals surface area contributed by atoms with Crippen molar-refractivity contribution in [1.29, 1.82) is 0 Å². The SMILES string of the molecule is C=C(NC(=O)c1csc(CCC)n1)C(=O)NC(=C)C(=O)OC.CCCCCNC(=O)CCC(CCC)CCC. The minimum absolute atomic E-state index is 0.217. The molecule has 1 aromatic heterocycles. The highest BCUT2D eigenvalue weighted by Crippen LogP contribution is 2.19. The van der Waals surface area contributed by atoms with E-state index in [-0.39, 0.29) is 23.0 Å². The van der Waals surface area contributed by atoms with Crippen LogP contribution in [0.5, 0.6) is 0 Å². The van der Waals surface area contributed by atoms with Crippen LogP contribution in [0, 0.1) is 5.92 Å². The molecular weight excluding hydrogens is 516 g/mol. The number of carbonyl (C=O) groups excluding carboxylic acids is 4. The van der Waals surface area contributed by atoms with Gasteiger partial charge in [0.2, 0.25) is 5.91 Å². The molecule has 3 amide bonds. The third-order valence-corrected chi connectivity index (χ3v) is 6.67. The maximum atomic E-state index is 11.9. The molecule has 0 atom stereocenters. The lowest BCUT2D eigenvalue weighted by atomic mass is 9.93. The highest BCUT2D eigenvalue weighted by atomic mass is 32.1. The molecule has 1 heterocycles. The van der Waals surface area contributed by atoms with Crippen molar-refractivity contribution in [2.24, 2.45) is 5.92 Å². The number of unbranched alkanes of at least 4 members (excludes halogenated alkanes) is 2. The molecule has 10 heteroatoms. The van der Waals surface area contributed by atoms with Crippen molar-refractivity contribution in [3.8, 4) is 0 Å². The van der Waals surface area contributed by atoms with E-state index >= 15 is 0 Å². The second-order valence-electron chi connectivity index (χ2n) is 9.27. The number of methoxy groups -OCH3 is 1. The van der Waals surface area contributed by atoms with Gasteiger partial charge in [-0.25, -0.2) is 9.78 Å². The van der Waals surface area contributed by atoms with Gasteiger partial charge in [0.25, 0.3) is 11.8 Å². The van der Waals surface area contributed by atoms with Crippen LogP contribution >= 0.6 is 11.3 Å². The molecule has 0 spiro atoms. The number of ether oxygens (including phenoxy) is 1. The van der Waals surface area contributed by atoms with Gasteiger partial charge < -0.3 is 20.7 Å². The van der Waals surface area contributed by atoms with Crippen LogP contribution < -0.4 is 16.0 Å². The van der Waals surface area contributed by atoms with Gasteiger partial charge in [-0.2, -0.15) is 0 Å². The van der Waals surface area contributed by atoms with E-state index in [9.17, 15) is 19.2 Å². The minimum atomic E-state index is -0.781. The number of aromatic nitrogens is 1. The van der Waals surface area contributed by atoms with Crippen LogP contribution in [0.4, 0.5) is 0 Å². The zero-order valence-electron chi connectivity index (χ0n) is 24.5. The number of hydrogen-bond acceptors (Lipinski definition) is 7. The fourth-order valence-electron chi connectivity index (χ4n) is 3.66. The van der Waals surface area contributed by atoms with Gasteiger partial charge in [0.1, 0.15) is 11.4 Å². The number of aryl methyl sites for hydroxylation is 1. The maximum Gasteiger partial charge on any atom is 0.353 e. The number of amides is 3. The summed E-state index contributed by atoms with van der Waals surface area (Å²) in [5.41, 5.74) is -0.254. The molecule has 0 radical (unpaired) electrons. The molecule has 0 aliphatic carbocycles. The fraction of sp³-hybridized carbons (Fsp3) is 0.621. The number of rotatable bonds is 18. The van der Waals surface area contributed by atoms with Crippen LogP contribution in [-0.2, 0) is 25.5 Å². The predicted octanol–water partition coefficient (Wildman–Crippen LogP) is 5.43. The van der Waals surface area contributed by atoms with Crippen molar-refractivity contribution in [2.75, 3.05) is 13.7 Å². The first-order chi connectivity index (χ1) is 18.6. The highest BCUT2D eigenvalue weighted by molar-refractivity contribution is 7.09. The average molecular weight is 565 g/mol. The smallest absolute Gasteiger partial charge is 0.353 e. The largest absolute Gasteiger partial charge is 0.464 e. The highest BCUT2D eigenvalue weighted by Gasteiger charge is 2.17. The molecule has 0 bridgehead atoms. The molecule has 0 saturated heterocycles. The second kappa shape index (κ2) is 21.9. The molecule has 0 aliphatic rings. The number of nitrogens with one attached hydrogen (secondary N) is 3. The van der Waals surface area contributed by atoms with Crippen LogP contribution in [0.3, 0.4) is 0 Å². The number of hydrogen-bond donors (Lipinski definition) is 3. The monoisotopic (exact) mass is 564 g/mol. The summed E-state index contributed by atoms with van der Waals surface area (Å²) >= 11 is 1.38. The first-order valence-electron chi connectivity index (χ1n) is 13.9. The second-order valence-corrected chi connectivity index (χ2v) is 10.2. The molecule has 220 valence electrons. The Morgan fingerprint density at radius 2 is 1.59 bits per heavy atom. The molecule has 0 saturated carbocycles. The number of esters is 1. The summed E-state index contributed by atoms with van der Waals surface area (Å²) in [5, 5.41) is 9.97. The van der Waals surface area contributed by atoms with E-state index in [0.717, 1.165) is 56.7 Å². The quantitative estimate of drug-likeness (QED) is 0.124. The summed E-state index contributed by atoms with van der Waals surface area (Å²) in [7, 11) is 1.16. The topological polar surface area (TPSA) is 126 Å². The first kappa shape index (κ1) is 36.0. The summed E-state index contributed by atoms with van der Waals surface area (Å²) < 4.78 is 4.39. The molecule has 0 aliphatic heterocycles. The molecule has 3 N–H and O–H groups in total. The van der Waals surface area contributed by atoms with Crippen LogP contribution in [0.2, 0.25) is 0 Å². The average Bonchev–Trinajstić information content (AvgIpc) is 3.39. The molecule has 0 aromatic carbocycles. The van der Waals surface area contributed by atoms with E-state index in [1.54, 1.807) is 5.38 Å². The Morgan fingerprint density at radius 1 is 0.923 bits per heavy atom. The Kier molecular flexibility index (Phi) is 20.2. The Balaban J connectivity index is 0.000000768. The predicted molar refractivity (Wildman–Crippen MR) is 157 cm³/mol. The lowest BCUT2D eigenvalue weighted by Gasteiger charge is -2.14. The van der Waals surface area contributed by atoms with Gasteiger partial charge in [-0.1, -0.05) is 79.4 Å². The van der Waals surface area contributed by atoms with E-state index in [4.69, 9.17) is 0 Å². The van der Waals surface area contributed by atoms with Gasteiger partial charge in [0.05, 0.1) is 17.8 Å². The van der Waals surface area contributed by atoms with Gasteiger partial charge in [-0.15, -0.1) is 11.3 Å². The van der Waals surface area contributed by atoms with Crippen molar-refractivity contribution in [2.45, 2.75) is 98.3 Å². The summed E-state index contributed by atoms with van der Waals surface area (Å²) in [6.45, 7) is 16.3. The van der Waals surface area contributed by atoms with Crippen LogP contribution in [0.1, 0.15) is 107 Å². The van der Waals surface area contributed by atoms with Gasteiger partial charge in [0, 0.05) is 18.3 Å². The van der Waals surface area contributed by atoms with E-state index in [1.165, 1.54) is 49.9 Å². The molecular formula is C29H48N4O5S. The maximum absolute atomic E-state index is 11.9. The Morgan fingerprint density at radius 3 is 2.15 bits per heavy atom. The number of carbonyl (C=O) groups is 4. The third kappa shape index (κ3) is 16.5. The zero-order chi connectivity index (χ0) is 29.6. The van der Waals surface area contributed by atoms with Crippen molar-refractivity contribution < 1.29 is 23.9 Å². The summed E-state index contributed by atoms with van der Waals surface area (Å²) in [6, 6.07) is 0. The van der Waals surface area contributed by atoms with E-state index in [0.29, 0.717) is 0 Å². The van der Waals surface area contributed by atoms with Crippen molar-refractivity contribution in [3.05, 3.63) is 40.6 Å². The van der Waals surface area contributed by atoms with E-state index in [1.807, 2.05) is 6.92 Å². The zero-order valence-corrected chi connectivity index (χ0v) is 25.3. The number of thiazole rings is 1. The van der Waals surface area contributed by atoms with Gasteiger partial charge in [0.15, 0.2) is 0 Å². The lowest BCUT2D eigenvalue weighted by Crippen LogP contribution is -2.35. The third-order valence-electron chi connectivity index (χ3n) is 5.76. The van der Waals surface area contributed by atoms with Crippen molar-refractivity contribution >= 4 is 35.0 Å². The molecule has 0 unspecified atom stereocenters. The van der Waals surface area contributed by atoms with Crippen molar-refractivity contribution in [1.82, 2.24) is 20.9 Å². The molecule has 0 fully saturated rings. The van der Waals surface area contributed by atoms with Gasteiger partial charge in [-0.3, -0.25) is 14.4 Å². The summed E-state index contributed by atoms with van der Waals surface area (Å²) in [5.74, 6) is -1.07. The molecule has 9 nitrogen and oxygen atoms in total. The summed E-state index contributed by atoms with van der Waals surface area (Å²) in [6.07, 6.45) is 12.1. The Hall–Kier alpha value is -3.01. The van der Waals surface area contributed by atoms with Gasteiger partial charge in [-0.05, 0) is 31.6 Å². The normalized spacial score (nSPS) is 10.2. The van der Waals surface area contributed by atoms with Crippen LogP contribution in [0.15, 0.2) is 29.9 Å².